The second-order valence-corrected chi connectivity index (χ2v) is 5.94. The molecule has 0 heterocycles. The van der Waals surface area contributed by atoms with Gasteiger partial charge in [-0.1, -0.05) is 13.5 Å². The second-order valence-electron chi connectivity index (χ2n) is 5.94. The van der Waals surface area contributed by atoms with Gasteiger partial charge in [-0.3, -0.25) is 0 Å². The first-order valence-corrected chi connectivity index (χ1v) is 6.63. The zero-order valence-electron chi connectivity index (χ0n) is 10.4. The summed E-state index contributed by atoms with van der Waals surface area (Å²) in [6.07, 6.45) is 3.65. The number of phenols is 1. The van der Waals surface area contributed by atoms with Crippen LogP contribution in [0.5, 0.6) is 5.75 Å². The van der Waals surface area contributed by atoms with Gasteiger partial charge < -0.3 is 9.90 Å². The Morgan fingerprint density at radius 2 is 2.20 bits per heavy atom. The van der Waals surface area contributed by atoms with Crippen LogP contribution in [0.2, 0.25) is 0 Å². The van der Waals surface area contributed by atoms with Gasteiger partial charge in [-0.2, -0.15) is 0 Å². The maximum Gasteiger partial charge on any atom is 0.233 e. The monoisotopic (exact) mass is 267 g/mol. The molecule has 1 saturated carbocycles. The van der Waals surface area contributed by atoms with Crippen molar-refractivity contribution in [2.45, 2.75) is 33.1 Å². The van der Waals surface area contributed by atoms with E-state index in [1.807, 2.05) is 6.07 Å². The summed E-state index contributed by atoms with van der Waals surface area (Å²) in [5, 5.41) is 9.63. The smallest absolute Gasteiger partial charge is 0.233 e. The lowest BCUT2D eigenvalue weighted by Gasteiger charge is -2.30. The molecule has 2 bridgehead atoms. The topological polar surface area (TPSA) is 41.7 Å². The Kier molecular flexibility index (Phi) is 2.56. The minimum absolute atomic E-state index is 0. The third-order valence-corrected chi connectivity index (χ3v) is 4.98. The van der Waals surface area contributed by atoms with Crippen molar-refractivity contribution >= 4 is 11.4 Å². The molecule has 0 aromatic heterocycles. The number of ketones is 1. The molecule has 0 saturated heterocycles. The molecular weight excluding hydrogens is 250 g/mol. The van der Waals surface area contributed by atoms with Gasteiger partial charge in [-0.25, -0.2) is 4.85 Å². The third-order valence-electron chi connectivity index (χ3n) is 4.98. The summed E-state index contributed by atoms with van der Waals surface area (Å²) in [5.41, 5.74) is 3.42. The molecule has 2 atom stereocenters. The maximum atomic E-state index is 12.3. The molecule has 3 aliphatic carbocycles. The number of benzene rings is 1. The van der Waals surface area contributed by atoms with Crippen molar-refractivity contribution in [1.82, 2.24) is 0 Å². The predicted molar refractivity (Wildman–Crippen MR) is 76.8 cm³/mol. The molecule has 1 spiro atoms. The molecule has 0 aliphatic heterocycles. The molecule has 3 heteroatoms. The molecule has 1 fully saturated rings. The molecule has 3 nitrogen and oxygen atoms in total. The van der Waals surface area contributed by atoms with Gasteiger partial charge in [0.05, 0.1) is 6.57 Å². The zero-order valence-corrected chi connectivity index (χ0v) is 10.4. The number of aromatic hydroxyl groups is 1. The number of carbonyl (C=O) groups is 1. The van der Waals surface area contributed by atoms with Crippen LogP contribution < -0.4 is 0 Å². The van der Waals surface area contributed by atoms with Crippen LogP contribution in [0.3, 0.4) is 0 Å². The lowest BCUT2D eigenvalue weighted by molar-refractivity contribution is -0.119. The van der Waals surface area contributed by atoms with Crippen molar-refractivity contribution < 1.29 is 9.90 Å². The largest absolute Gasteiger partial charge is 0.508 e. The van der Waals surface area contributed by atoms with Crippen LogP contribution in [0.1, 0.15) is 37.8 Å². The highest BCUT2D eigenvalue weighted by molar-refractivity contribution is 6.10. The van der Waals surface area contributed by atoms with E-state index in [2.05, 4.69) is 4.85 Å². The first-order chi connectivity index (χ1) is 9.14. The highest BCUT2D eigenvalue weighted by atomic mass is 16.3. The van der Waals surface area contributed by atoms with E-state index >= 15 is 0 Å². The fourth-order valence-corrected chi connectivity index (χ4v) is 4.25. The fraction of sp³-hybridized carbons (Fsp3) is 0.412. The first kappa shape index (κ1) is 12.9. The maximum absolute atomic E-state index is 12.3. The lowest BCUT2D eigenvalue weighted by atomic mass is 9.73. The Hall–Kier alpha value is -2.08. The van der Waals surface area contributed by atoms with E-state index in [9.17, 15) is 9.90 Å². The molecule has 0 unspecified atom stereocenters. The van der Waals surface area contributed by atoms with E-state index in [1.54, 1.807) is 12.1 Å². The Morgan fingerprint density at radius 3 is 2.95 bits per heavy atom. The van der Waals surface area contributed by atoms with Gasteiger partial charge in [-0.15, -0.1) is 0 Å². The summed E-state index contributed by atoms with van der Waals surface area (Å²) in [7, 11) is 0. The number of allylic oxidation sites excluding steroid dienone is 2. The summed E-state index contributed by atoms with van der Waals surface area (Å²) < 4.78 is 0. The van der Waals surface area contributed by atoms with Crippen LogP contribution >= 0.6 is 0 Å². The van der Waals surface area contributed by atoms with E-state index in [-0.39, 0.29) is 30.3 Å². The average Bonchev–Trinajstić information content (AvgIpc) is 2.91. The van der Waals surface area contributed by atoms with Gasteiger partial charge >= 0.3 is 0 Å². The van der Waals surface area contributed by atoms with E-state index in [4.69, 9.17) is 6.57 Å². The Balaban J connectivity index is 0.00000121. The molecule has 4 rings (SSSR count). The number of phenolic OH excluding ortho intramolecular Hbond substituents is 1. The Morgan fingerprint density at radius 1 is 1.40 bits per heavy atom. The number of fused-ring (bicyclic) bond motifs is 3. The van der Waals surface area contributed by atoms with Crippen LogP contribution in [-0.4, -0.2) is 10.9 Å². The molecule has 102 valence electrons. The minimum atomic E-state index is -0.00537. The zero-order chi connectivity index (χ0) is 13.2. The average molecular weight is 267 g/mol. The van der Waals surface area contributed by atoms with E-state index < -0.39 is 0 Å². The third kappa shape index (κ3) is 1.37. The van der Waals surface area contributed by atoms with E-state index in [0.29, 0.717) is 5.70 Å². The number of carbonyl (C=O) groups excluding carboxylic acids is 1. The standard InChI is InChI=1S/C16H13NO2.CH4/c1-17-14-13-12-3-2-11(18)6-10(12)8-16(13)5-4-9(7-16)15(14)19;/h2-3,6,9,18H,4-5,7-8H2;1H4/t9-,16+;/m1./s1. The van der Waals surface area contributed by atoms with Crippen LogP contribution in [0.15, 0.2) is 23.9 Å². The van der Waals surface area contributed by atoms with Crippen LogP contribution in [0.4, 0.5) is 0 Å². The van der Waals surface area contributed by atoms with E-state index in [0.717, 1.165) is 42.4 Å². The van der Waals surface area contributed by atoms with Crippen LogP contribution in [-0.2, 0) is 11.2 Å². The van der Waals surface area contributed by atoms with Gasteiger partial charge in [0.1, 0.15) is 5.75 Å². The number of Topliss-reactive ketones (excluding diaryl/α,β-unsaturated/α-hetero) is 1. The highest BCUT2D eigenvalue weighted by Gasteiger charge is 2.54. The van der Waals surface area contributed by atoms with Gasteiger partial charge in [0, 0.05) is 5.92 Å². The van der Waals surface area contributed by atoms with Crippen molar-refractivity contribution in [3.63, 3.8) is 0 Å². The molecule has 1 aromatic rings. The van der Waals surface area contributed by atoms with Gasteiger partial charge in [0.2, 0.25) is 5.70 Å². The normalized spacial score (nSPS) is 29.6. The van der Waals surface area contributed by atoms with Gasteiger partial charge in [0.15, 0.2) is 5.78 Å². The van der Waals surface area contributed by atoms with Crippen molar-refractivity contribution in [2.24, 2.45) is 11.3 Å². The molecule has 1 aromatic carbocycles. The second kappa shape index (κ2) is 3.96. The first-order valence-electron chi connectivity index (χ1n) is 6.63. The lowest BCUT2D eigenvalue weighted by Crippen LogP contribution is -2.26. The minimum Gasteiger partial charge on any atom is -0.508 e. The van der Waals surface area contributed by atoms with Crippen molar-refractivity contribution in [3.05, 3.63) is 46.4 Å². The molecular formula is C17H17NO2. The Labute approximate surface area is 118 Å². The summed E-state index contributed by atoms with van der Waals surface area (Å²) in [6, 6.07) is 5.30. The predicted octanol–water partition coefficient (Wildman–Crippen LogP) is 3.58. The molecule has 0 amide bonds. The van der Waals surface area contributed by atoms with Crippen molar-refractivity contribution in [2.75, 3.05) is 0 Å². The molecule has 1 N–H and O–H groups in total. The quantitative estimate of drug-likeness (QED) is 0.730. The fourth-order valence-electron chi connectivity index (χ4n) is 4.25. The number of rotatable bonds is 0. The van der Waals surface area contributed by atoms with Crippen LogP contribution in [0.25, 0.3) is 10.4 Å². The molecule has 3 aliphatic rings. The van der Waals surface area contributed by atoms with Crippen molar-refractivity contribution in [1.29, 1.82) is 0 Å². The summed E-state index contributed by atoms with van der Waals surface area (Å²) in [6.45, 7) is 7.36. The van der Waals surface area contributed by atoms with Gasteiger partial charge in [-0.05, 0) is 59.9 Å². The van der Waals surface area contributed by atoms with Crippen LogP contribution in [0, 0.1) is 17.9 Å². The summed E-state index contributed by atoms with van der Waals surface area (Å²) in [5.74, 6) is 0.356. The SMILES string of the molecule is C.[C-]#[N+]C1=C2c3ccc(O)cc3C[C@@]23CC[C@H](C3)C1=O. The molecule has 20 heavy (non-hydrogen) atoms. The molecule has 0 radical (unpaired) electrons. The van der Waals surface area contributed by atoms with Gasteiger partial charge in [0.25, 0.3) is 0 Å². The number of hydrogen-bond donors (Lipinski definition) is 1. The number of nitrogens with zero attached hydrogens (tertiary/aromatic N) is 1. The summed E-state index contributed by atoms with van der Waals surface area (Å²) >= 11 is 0. The summed E-state index contributed by atoms with van der Waals surface area (Å²) in [4.78, 5) is 15.9. The van der Waals surface area contributed by atoms with Crippen molar-refractivity contribution in [3.8, 4) is 5.75 Å². The number of hydrogen-bond acceptors (Lipinski definition) is 2. The highest BCUT2D eigenvalue weighted by Crippen LogP contribution is 2.62. The Bertz CT molecular complexity index is 695. The van der Waals surface area contributed by atoms with E-state index in [1.165, 1.54) is 0 Å².